The molecule has 0 aliphatic carbocycles. The van der Waals surface area contributed by atoms with Crippen molar-refractivity contribution in [3.8, 4) is 0 Å². The number of hydrogen-bond donors (Lipinski definition) is 1. The molecule has 0 aromatic heterocycles. The summed E-state index contributed by atoms with van der Waals surface area (Å²) in [6, 6.07) is 0.0780. The van der Waals surface area contributed by atoms with Gasteiger partial charge in [-0.1, -0.05) is 26.1 Å². The number of nitrogens with two attached hydrogens (primary N) is 1. The van der Waals surface area contributed by atoms with E-state index in [-0.39, 0.29) is 12.6 Å². The maximum Gasteiger partial charge on any atom is 0.399 e. The van der Waals surface area contributed by atoms with E-state index in [0.717, 1.165) is 6.42 Å². The Labute approximate surface area is 106 Å². The van der Waals surface area contributed by atoms with Gasteiger partial charge in [0.05, 0.1) is 4.99 Å². The summed E-state index contributed by atoms with van der Waals surface area (Å²) in [6.45, 7) is 5.82. The molecule has 0 bridgehead atoms. The van der Waals surface area contributed by atoms with Crippen molar-refractivity contribution in [1.82, 2.24) is 4.90 Å². The Morgan fingerprint density at radius 3 is 2.06 bits per heavy atom. The van der Waals surface area contributed by atoms with Crippen molar-refractivity contribution < 1.29 is 13.2 Å². The molecule has 0 aromatic rings. The Morgan fingerprint density at radius 1 is 1.29 bits per heavy atom. The topological polar surface area (TPSA) is 29.3 Å². The molecule has 0 amide bonds. The third kappa shape index (κ3) is 6.21. The standard InChI is InChI=1S/C11H21F3N2S/c1-7(2)5-8(3)16(4)6-9(10(15)17)11(12,13)14/h7-9H,5-6H2,1-4H3,(H2,15,17). The summed E-state index contributed by atoms with van der Waals surface area (Å²) in [5, 5.41) is 0. The molecule has 0 rings (SSSR count). The summed E-state index contributed by atoms with van der Waals surface area (Å²) in [6.07, 6.45) is -3.52. The Bertz CT molecular complexity index is 254. The third-order valence-electron chi connectivity index (χ3n) is 2.77. The van der Waals surface area contributed by atoms with Gasteiger partial charge < -0.3 is 10.6 Å². The molecule has 0 aliphatic heterocycles. The highest BCUT2D eigenvalue weighted by Gasteiger charge is 2.42. The van der Waals surface area contributed by atoms with E-state index in [1.54, 1.807) is 11.9 Å². The molecule has 0 saturated heterocycles. The first kappa shape index (κ1) is 16.6. The Kier molecular flexibility index (Phi) is 6.40. The molecule has 0 aromatic carbocycles. The second kappa shape index (κ2) is 6.54. The van der Waals surface area contributed by atoms with Crippen LogP contribution < -0.4 is 5.73 Å². The van der Waals surface area contributed by atoms with Crippen LogP contribution in [0.3, 0.4) is 0 Å². The number of hydrogen-bond acceptors (Lipinski definition) is 2. The molecule has 0 spiro atoms. The van der Waals surface area contributed by atoms with Crippen molar-refractivity contribution in [3.63, 3.8) is 0 Å². The van der Waals surface area contributed by atoms with Crippen molar-refractivity contribution >= 4 is 17.2 Å². The monoisotopic (exact) mass is 270 g/mol. The Balaban J connectivity index is 4.51. The van der Waals surface area contributed by atoms with Gasteiger partial charge in [-0.3, -0.25) is 0 Å². The summed E-state index contributed by atoms with van der Waals surface area (Å²) in [4.78, 5) is 1.18. The first-order valence-electron chi connectivity index (χ1n) is 5.62. The lowest BCUT2D eigenvalue weighted by molar-refractivity contribution is -0.159. The molecular weight excluding hydrogens is 249 g/mol. The summed E-state index contributed by atoms with van der Waals surface area (Å²) >= 11 is 4.49. The van der Waals surface area contributed by atoms with E-state index in [0.29, 0.717) is 5.92 Å². The zero-order valence-corrected chi connectivity index (χ0v) is 11.5. The molecule has 2 unspecified atom stereocenters. The van der Waals surface area contributed by atoms with Crippen molar-refractivity contribution in [2.45, 2.75) is 39.4 Å². The number of thiocarbonyl (C=S) groups is 1. The van der Waals surface area contributed by atoms with E-state index in [4.69, 9.17) is 5.73 Å². The van der Waals surface area contributed by atoms with Crippen LogP contribution in [0.5, 0.6) is 0 Å². The Hall–Kier alpha value is -0.360. The third-order valence-corrected chi connectivity index (χ3v) is 3.06. The molecule has 0 heterocycles. The molecule has 2 N–H and O–H groups in total. The van der Waals surface area contributed by atoms with Gasteiger partial charge in [-0.25, -0.2) is 0 Å². The lowest BCUT2D eigenvalue weighted by Gasteiger charge is -2.30. The maximum atomic E-state index is 12.7. The van der Waals surface area contributed by atoms with Crippen molar-refractivity contribution in [3.05, 3.63) is 0 Å². The molecule has 17 heavy (non-hydrogen) atoms. The lowest BCUT2D eigenvalue weighted by atomic mass is 10.0. The highest BCUT2D eigenvalue weighted by atomic mass is 32.1. The van der Waals surface area contributed by atoms with Crippen LogP contribution in [0.1, 0.15) is 27.2 Å². The molecule has 6 heteroatoms. The highest BCUT2D eigenvalue weighted by molar-refractivity contribution is 7.80. The summed E-state index contributed by atoms with van der Waals surface area (Å²) < 4.78 is 38.0. The number of nitrogens with zero attached hydrogens (tertiary/aromatic N) is 1. The first-order chi connectivity index (χ1) is 7.55. The van der Waals surface area contributed by atoms with E-state index in [1.807, 2.05) is 20.8 Å². The fourth-order valence-electron chi connectivity index (χ4n) is 1.68. The van der Waals surface area contributed by atoms with E-state index in [2.05, 4.69) is 12.2 Å². The lowest BCUT2D eigenvalue weighted by Crippen LogP contribution is -2.45. The molecule has 102 valence electrons. The maximum absolute atomic E-state index is 12.7. The molecule has 2 atom stereocenters. The number of alkyl halides is 3. The van der Waals surface area contributed by atoms with Crippen LogP contribution in [0, 0.1) is 11.8 Å². The fourth-order valence-corrected chi connectivity index (χ4v) is 1.89. The minimum absolute atomic E-state index is 0.0780. The van der Waals surface area contributed by atoms with Gasteiger partial charge >= 0.3 is 6.18 Å². The van der Waals surface area contributed by atoms with Crippen LogP contribution >= 0.6 is 12.2 Å². The molecule has 2 nitrogen and oxygen atoms in total. The van der Waals surface area contributed by atoms with Gasteiger partial charge in [0.25, 0.3) is 0 Å². The van der Waals surface area contributed by atoms with Gasteiger partial charge in [-0.05, 0) is 26.3 Å². The second-order valence-electron chi connectivity index (χ2n) is 4.91. The largest absolute Gasteiger partial charge is 0.399 e. The van der Waals surface area contributed by atoms with E-state index in [1.165, 1.54) is 0 Å². The molecule has 0 saturated carbocycles. The van der Waals surface area contributed by atoms with Crippen molar-refractivity contribution in [1.29, 1.82) is 0 Å². The fraction of sp³-hybridized carbons (Fsp3) is 0.909. The summed E-state index contributed by atoms with van der Waals surface area (Å²) in [5.74, 6) is -1.28. The normalized spacial score (nSPS) is 16.3. The van der Waals surface area contributed by atoms with Crippen molar-refractivity contribution in [2.75, 3.05) is 13.6 Å². The Morgan fingerprint density at radius 2 is 1.76 bits per heavy atom. The van der Waals surface area contributed by atoms with Crippen LogP contribution in [0.4, 0.5) is 13.2 Å². The predicted octanol–water partition coefficient (Wildman–Crippen LogP) is 2.82. The van der Waals surface area contributed by atoms with Gasteiger partial charge in [0.1, 0.15) is 5.92 Å². The summed E-state index contributed by atoms with van der Waals surface area (Å²) in [7, 11) is 1.67. The van der Waals surface area contributed by atoms with Crippen LogP contribution in [-0.2, 0) is 0 Å². The van der Waals surface area contributed by atoms with Crippen LogP contribution in [0.25, 0.3) is 0 Å². The molecule has 0 radical (unpaired) electrons. The number of rotatable bonds is 6. The average Bonchev–Trinajstić information content (AvgIpc) is 2.09. The molecule has 0 aliphatic rings. The van der Waals surface area contributed by atoms with E-state index < -0.39 is 17.1 Å². The average molecular weight is 270 g/mol. The van der Waals surface area contributed by atoms with Crippen molar-refractivity contribution in [2.24, 2.45) is 17.6 Å². The summed E-state index contributed by atoms with van der Waals surface area (Å²) in [5.41, 5.74) is 5.16. The number of halogens is 3. The smallest absolute Gasteiger partial charge is 0.393 e. The highest BCUT2D eigenvalue weighted by Crippen LogP contribution is 2.28. The minimum Gasteiger partial charge on any atom is -0.393 e. The quantitative estimate of drug-likeness (QED) is 0.753. The van der Waals surface area contributed by atoms with Gasteiger partial charge in [-0.15, -0.1) is 0 Å². The first-order valence-corrected chi connectivity index (χ1v) is 6.02. The van der Waals surface area contributed by atoms with Crippen LogP contribution in [0.15, 0.2) is 0 Å². The second-order valence-corrected chi connectivity index (χ2v) is 5.39. The van der Waals surface area contributed by atoms with Crippen LogP contribution in [-0.4, -0.2) is 35.7 Å². The zero-order valence-electron chi connectivity index (χ0n) is 10.7. The zero-order chi connectivity index (χ0) is 13.8. The van der Waals surface area contributed by atoms with Crippen LogP contribution in [0.2, 0.25) is 0 Å². The van der Waals surface area contributed by atoms with Gasteiger partial charge in [-0.2, -0.15) is 13.2 Å². The van der Waals surface area contributed by atoms with Gasteiger partial charge in [0.2, 0.25) is 0 Å². The molecule has 0 fully saturated rings. The van der Waals surface area contributed by atoms with Gasteiger partial charge in [0, 0.05) is 12.6 Å². The predicted molar refractivity (Wildman–Crippen MR) is 67.9 cm³/mol. The van der Waals surface area contributed by atoms with Gasteiger partial charge in [0.15, 0.2) is 0 Å². The minimum atomic E-state index is -4.36. The van der Waals surface area contributed by atoms with E-state index >= 15 is 0 Å². The SMILES string of the molecule is CC(C)CC(C)N(C)CC(C(N)=S)C(F)(F)F. The molecular formula is C11H21F3N2S. The van der Waals surface area contributed by atoms with E-state index in [9.17, 15) is 13.2 Å².